The predicted octanol–water partition coefficient (Wildman–Crippen LogP) is 2.25. The molecule has 0 amide bonds. The lowest BCUT2D eigenvalue weighted by molar-refractivity contribution is 0.134. The van der Waals surface area contributed by atoms with Crippen LogP contribution in [0.25, 0.3) is 5.65 Å². The molecular weight excluding hydrogens is 266 g/mol. The quantitative estimate of drug-likeness (QED) is 0.848. The summed E-state index contributed by atoms with van der Waals surface area (Å²) in [5, 5.41) is 13.7. The van der Waals surface area contributed by atoms with Gasteiger partial charge in [0.2, 0.25) is 0 Å². The van der Waals surface area contributed by atoms with Crippen molar-refractivity contribution in [3.05, 3.63) is 29.2 Å². The molecule has 0 radical (unpaired) electrons. The zero-order valence-electron chi connectivity index (χ0n) is 12.9. The minimum Gasteiger partial charge on any atom is -0.391 e. The zero-order valence-corrected chi connectivity index (χ0v) is 12.9. The van der Waals surface area contributed by atoms with Gasteiger partial charge in [0.25, 0.3) is 0 Å². The van der Waals surface area contributed by atoms with Crippen LogP contribution in [-0.2, 0) is 4.74 Å². The summed E-state index contributed by atoms with van der Waals surface area (Å²) in [6, 6.07) is 2.11. The van der Waals surface area contributed by atoms with Gasteiger partial charge in [-0.3, -0.25) is 0 Å². The van der Waals surface area contributed by atoms with E-state index in [2.05, 4.69) is 33.9 Å². The number of rotatable bonds is 4. The molecular formula is C16H23N3O2. The number of fused-ring (bicyclic) bond motifs is 3. The van der Waals surface area contributed by atoms with E-state index in [0.29, 0.717) is 6.54 Å². The highest BCUT2D eigenvalue weighted by Gasteiger charge is 2.29. The number of hydrogen-bond donors (Lipinski definition) is 2. The molecule has 2 aromatic heterocycles. The highest BCUT2D eigenvalue weighted by Crippen LogP contribution is 2.37. The Bertz CT molecular complexity index is 650. The summed E-state index contributed by atoms with van der Waals surface area (Å²) in [6.07, 6.45) is 3.59. The van der Waals surface area contributed by atoms with Gasteiger partial charge in [0.05, 0.1) is 17.5 Å². The number of pyridine rings is 1. The van der Waals surface area contributed by atoms with Crippen LogP contribution < -0.4 is 5.32 Å². The van der Waals surface area contributed by atoms with Crippen molar-refractivity contribution in [2.24, 2.45) is 0 Å². The van der Waals surface area contributed by atoms with Crippen LogP contribution in [0.15, 0.2) is 12.3 Å². The monoisotopic (exact) mass is 289 g/mol. The van der Waals surface area contributed by atoms with Crippen LogP contribution in [0.5, 0.6) is 0 Å². The number of methoxy groups -OCH3 is 1. The first-order valence-electron chi connectivity index (χ1n) is 7.52. The number of aliphatic hydroxyl groups excluding tert-OH is 1. The number of anilines is 1. The second-order valence-electron chi connectivity index (χ2n) is 5.81. The largest absolute Gasteiger partial charge is 0.391 e. The fourth-order valence-electron chi connectivity index (χ4n) is 3.19. The van der Waals surface area contributed by atoms with E-state index in [0.717, 1.165) is 42.2 Å². The van der Waals surface area contributed by atoms with Gasteiger partial charge in [0, 0.05) is 38.1 Å². The summed E-state index contributed by atoms with van der Waals surface area (Å²) < 4.78 is 7.25. The van der Waals surface area contributed by atoms with Crippen LogP contribution in [0.4, 0.5) is 5.69 Å². The maximum Gasteiger partial charge on any atom is 0.161 e. The molecule has 2 atom stereocenters. The Kier molecular flexibility index (Phi) is 3.87. The molecule has 0 saturated heterocycles. The number of hydrogen-bond acceptors (Lipinski definition) is 4. The fourth-order valence-corrected chi connectivity index (χ4v) is 3.19. The number of ether oxygens (including phenoxy) is 1. The van der Waals surface area contributed by atoms with Crippen molar-refractivity contribution in [1.29, 1.82) is 0 Å². The lowest BCUT2D eigenvalue weighted by atomic mass is 9.86. The number of aromatic nitrogens is 2. The van der Waals surface area contributed by atoms with Gasteiger partial charge >= 0.3 is 0 Å². The van der Waals surface area contributed by atoms with E-state index in [9.17, 15) is 5.11 Å². The molecule has 5 nitrogen and oxygen atoms in total. The van der Waals surface area contributed by atoms with Crippen molar-refractivity contribution in [1.82, 2.24) is 9.38 Å². The minimum absolute atomic E-state index is 0.152. The van der Waals surface area contributed by atoms with Crippen molar-refractivity contribution in [3.8, 4) is 0 Å². The molecule has 1 aliphatic heterocycles. The molecule has 2 N–H and O–H groups in total. The van der Waals surface area contributed by atoms with Crippen LogP contribution in [0, 0.1) is 13.8 Å². The van der Waals surface area contributed by atoms with E-state index in [4.69, 9.17) is 4.74 Å². The third-order valence-corrected chi connectivity index (χ3v) is 4.52. The Morgan fingerprint density at radius 2 is 2.29 bits per heavy atom. The number of aliphatic hydroxyl groups is 1. The van der Waals surface area contributed by atoms with Gasteiger partial charge in [-0.05, 0) is 38.3 Å². The molecule has 3 heterocycles. The Labute approximate surface area is 125 Å². The second-order valence-corrected chi connectivity index (χ2v) is 5.81. The molecule has 0 bridgehead atoms. The van der Waals surface area contributed by atoms with Crippen molar-refractivity contribution in [3.63, 3.8) is 0 Å². The third kappa shape index (κ3) is 2.40. The molecule has 5 heteroatoms. The summed E-state index contributed by atoms with van der Waals surface area (Å²) in [7, 11) is 1.71. The Balaban J connectivity index is 2.01. The first-order chi connectivity index (χ1) is 10.1. The van der Waals surface area contributed by atoms with Crippen molar-refractivity contribution in [2.75, 3.05) is 25.6 Å². The SMILES string of the molecule is COCCC[C@@H]1c2ccn3c(C)c(C)nc3c2NC[C@H]1O. The molecule has 21 heavy (non-hydrogen) atoms. The molecule has 2 aromatic rings. The van der Waals surface area contributed by atoms with Gasteiger partial charge in [-0.1, -0.05) is 0 Å². The van der Waals surface area contributed by atoms with Crippen LogP contribution in [0.3, 0.4) is 0 Å². The van der Waals surface area contributed by atoms with Crippen LogP contribution in [0.2, 0.25) is 0 Å². The number of aryl methyl sites for hydroxylation is 2. The number of nitrogens with one attached hydrogen (secondary N) is 1. The second kappa shape index (κ2) is 5.66. The maximum absolute atomic E-state index is 10.3. The number of imidazole rings is 1. The minimum atomic E-state index is -0.353. The summed E-state index contributed by atoms with van der Waals surface area (Å²) >= 11 is 0. The fraction of sp³-hybridized carbons (Fsp3) is 0.562. The average molecular weight is 289 g/mol. The van der Waals surface area contributed by atoms with Crippen molar-refractivity contribution >= 4 is 11.3 Å². The van der Waals surface area contributed by atoms with E-state index in [1.807, 2.05) is 6.92 Å². The van der Waals surface area contributed by atoms with E-state index >= 15 is 0 Å². The zero-order chi connectivity index (χ0) is 15.0. The van der Waals surface area contributed by atoms with E-state index in [1.165, 1.54) is 5.56 Å². The molecule has 0 saturated carbocycles. The van der Waals surface area contributed by atoms with Gasteiger partial charge in [-0.2, -0.15) is 0 Å². The Hall–Kier alpha value is -1.59. The molecule has 114 valence electrons. The molecule has 0 unspecified atom stereocenters. The molecule has 0 aromatic carbocycles. The van der Waals surface area contributed by atoms with Gasteiger partial charge in [-0.25, -0.2) is 4.98 Å². The van der Waals surface area contributed by atoms with Crippen LogP contribution >= 0.6 is 0 Å². The summed E-state index contributed by atoms with van der Waals surface area (Å²) in [5.41, 5.74) is 5.42. The summed E-state index contributed by atoms with van der Waals surface area (Å²) in [6.45, 7) is 5.42. The van der Waals surface area contributed by atoms with Crippen molar-refractivity contribution in [2.45, 2.75) is 38.7 Å². The molecule has 0 spiro atoms. The van der Waals surface area contributed by atoms with E-state index in [1.54, 1.807) is 7.11 Å². The number of β-amino-alcohol motifs (C(OH)–C–C–N with tert-alkyl or cyclic N) is 1. The molecule has 3 rings (SSSR count). The topological polar surface area (TPSA) is 58.8 Å². The average Bonchev–Trinajstić information content (AvgIpc) is 2.77. The smallest absolute Gasteiger partial charge is 0.161 e. The standard InChI is InChI=1S/C16H23N3O2/c1-10-11(2)19-7-6-13-12(5-4-8-21-3)14(20)9-17-15(13)16(19)18-10/h6-7,12,14,17,20H,4-5,8-9H2,1-3H3/t12-,14-/m1/s1. The van der Waals surface area contributed by atoms with Gasteiger partial charge in [0.1, 0.15) is 0 Å². The Morgan fingerprint density at radius 1 is 1.48 bits per heavy atom. The normalized spacial score (nSPS) is 21.3. The number of nitrogens with zero attached hydrogens (tertiary/aromatic N) is 2. The van der Waals surface area contributed by atoms with Gasteiger partial charge in [-0.15, -0.1) is 0 Å². The molecule has 0 fully saturated rings. The van der Waals surface area contributed by atoms with Crippen molar-refractivity contribution < 1.29 is 9.84 Å². The lowest BCUT2D eigenvalue weighted by Crippen LogP contribution is -2.33. The van der Waals surface area contributed by atoms with Crippen LogP contribution in [0.1, 0.15) is 35.7 Å². The first kappa shape index (κ1) is 14.4. The summed E-state index contributed by atoms with van der Waals surface area (Å²) in [4.78, 5) is 4.68. The predicted molar refractivity (Wildman–Crippen MR) is 83.0 cm³/mol. The van der Waals surface area contributed by atoms with Gasteiger partial charge < -0.3 is 19.6 Å². The molecule has 0 aliphatic carbocycles. The highest BCUT2D eigenvalue weighted by molar-refractivity contribution is 5.74. The first-order valence-corrected chi connectivity index (χ1v) is 7.52. The lowest BCUT2D eigenvalue weighted by Gasteiger charge is -2.31. The summed E-state index contributed by atoms with van der Waals surface area (Å²) in [5.74, 6) is 0.152. The molecule has 1 aliphatic rings. The Morgan fingerprint density at radius 3 is 3.05 bits per heavy atom. The highest BCUT2D eigenvalue weighted by atomic mass is 16.5. The maximum atomic E-state index is 10.3. The van der Waals surface area contributed by atoms with Crippen LogP contribution in [-0.4, -0.2) is 40.9 Å². The van der Waals surface area contributed by atoms with Gasteiger partial charge in [0.15, 0.2) is 5.65 Å². The van der Waals surface area contributed by atoms with E-state index < -0.39 is 0 Å². The third-order valence-electron chi connectivity index (χ3n) is 4.52. The van der Waals surface area contributed by atoms with E-state index in [-0.39, 0.29) is 12.0 Å².